The minimum atomic E-state index is -0.604. The molecule has 1 fully saturated rings. The molecule has 3 aromatic carbocycles. The average Bonchev–Trinajstić information content (AvgIpc) is 3.36. The van der Waals surface area contributed by atoms with E-state index < -0.39 is 11.6 Å². The van der Waals surface area contributed by atoms with E-state index in [4.69, 9.17) is 9.47 Å². The second-order valence-corrected chi connectivity index (χ2v) is 10.4. The number of carbonyl (C=O) groups excluding carboxylic acids is 1. The summed E-state index contributed by atoms with van der Waals surface area (Å²) in [6.07, 6.45) is 2.82. The van der Waals surface area contributed by atoms with Gasteiger partial charge in [-0.15, -0.1) is 0 Å². The number of hydrogen-bond donors (Lipinski definition) is 2. The van der Waals surface area contributed by atoms with Gasteiger partial charge in [-0.1, -0.05) is 12.1 Å². The lowest BCUT2D eigenvalue weighted by Crippen LogP contribution is -2.45. The molecule has 42 heavy (non-hydrogen) atoms. The summed E-state index contributed by atoms with van der Waals surface area (Å²) in [6.45, 7) is 4.91. The van der Waals surface area contributed by atoms with Crippen LogP contribution in [0.5, 0.6) is 0 Å². The number of nitrogens with zero attached hydrogens (tertiary/aromatic N) is 4. The Kier molecular flexibility index (Phi) is 9.63. The van der Waals surface area contributed by atoms with E-state index in [1.165, 1.54) is 16.9 Å². The topological polar surface area (TPSA) is 83.9 Å². The zero-order valence-corrected chi connectivity index (χ0v) is 23.9. The predicted molar refractivity (Wildman–Crippen MR) is 160 cm³/mol. The highest BCUT2D eigenvalue weighted by atomic mass is 19.1. The summed E-state index contributed by atoms with van der Waals surface area (Å²) in [7, 11) is 3.69. The van der Waals surface area contributed by atoms with Crippen LogP contribution in [0.1, 0.15) is 27.9 Å². The first kappa shape index (κ1) is 29.4. The number of carbonyl (C=O) groups is 1. The van der Waals surface area contributed by atoms with E-state index in [-0.39, 0.29) is 12.7 Å². The maximum absolute atomic E-state index is 13.7. The third kappa shape index (κ3) is 7.22. The van der Waals surface area contributed by atoms with Crippen LogP contribution in [-0.2, 0) is 15.9 Å². The Morgan fingerprint density at radius 1 is 1.00 bits per heavy atom. The van der Waals surface area contributed by atoms with Gasteiger partial charge < -0.3 is 24.6 Å². The van der Waals surface area contributed by atoms with Gasteiger partial charge in [-0.25, -0.2) is 14.2 Å². The Morgan fingerprint density at radius 2 is 1.79 bits per heavy atom. The Morgan fingerprint density at radius 3 is 2.55 bits per heavy atom. The first-order chi connectivity index (χ1) is 20.4. The van der Waals surface area contributed by atoms with Gasteiger partial charge in [-0.2, -0.15) is 9.89 Å². The lowest BCUT2D eigenvalue weighted by molar-refractivity contribution is -0.0303. The summed E-state index contributed by atoms with van der Waals surface area (Å²) in [6, 6.07) is 14.8. The molecular weight excluding hydrogens is 542 g/mol. The molecule has 0 atom stereocenters. The summed E-state index contributed by atoms with van der Waals surface area (Å²) in [5.74, 6) is -1.49. The molecule has 1 amide bonds. The van der Waals surface area contributed by atoms with Gasteiger partial charge in [0.2, 0.25) is 0 Å². The first-order valence-electron chi connectivity index (χ1n) is 14.0. The van der Waals surface area contributed by atoms with E-state index in [0.29, 0.717) is 36.2 Å². The zero-order valence-electron chi connectivity index (χ0n) is 23.9. The number of para-hydroxylation sites is 1. The van der Waals surface area contributed by atoms with E-state index >= 15 is 0 Å². The molecule has 9 nitrogen and oxygen atoms in total. The molecule has 5 rings (SSSR count). The molecule has 4 aromatic rings. The molecule has 0 saturated carbocycles. The van der Waals surface area contributed by atoms with Crippen LogP contribution in [0.3, 0.4) is 0 Å². The highest BCUT2D eigenvalue weighted by molar-refractivity contribution is 6.07. The molecule has 0 spiro atoms. The molecule has 1 saturated heterocycles. The summed E-state index contributed by atoms with van der Waals surface area (Å²) in [5.41, 5.74) is 7.37. The number of aromatic nitrogens is 2. The van der Waals surface area contributed by atoms with Crippen molar-refractivity contribution in [2.24, 2.45) is 0 Å². The zero-order chi connectivity index (χ0) is 29.5. The van der Waals surface area contributed by atoms with Gasteiger partial charge in [0, 0.05) is 51.3 Å². The molecule has 2 heterocycles. The van der Waals surface area contributed by atoms with Crippen LogP contribution in [0.25, 0.3) is 10.9 Å². The fourth-order valence-electron chi connectivity index (χ4n) is 5.17. The quantitative estimate of drug-likeness (QED) is 0.190. The third-order valence-electron chi connectivity index (χ3n) is 7.25. The predicted octanol–water partition coefficient (Wildman–Crippen LogP) is 4.46. The van der Waals surface area contributed by atoms with Crippen molar-refractivity contribution in [3.8, 4) is 0 Å². The molecule has 0 unspecified atom stereocenters. The van der Waals surface area contributed by atoms with E-state index in [0.717, 1.165) is 61.0 Å². The van der Waals surface area contributed by atoms with E-state index in [1.807, 2.05) is 36.4 Å². The maximum atomic E-state index is 13.7. The number of halogens is 2. The van der Waals surface area contributed by atoms with Crippen LogP contribution in [0, 0.1) is 11.6 Å². The van der Waals surface area contributed by atoms with Crippen molar-refractivity contribution in [3.05, 3.63) is 89.1 Å². The molecule has 1 aliphatic heterocycles. The van der Waals surface area contributed by atoms with Crippen LogP contribution < -0.4 is 15.6 Å². The monoisotopic (exact) mass is 578 g/mol. The normalized spacial score (nSPS) is 14.0. The highest BCUT2D eigenvalue weighted by Crippen LogP contribution is 2.32. The SMILES string of the molecule is COCOCCCNc1cccc(C(=O)Nn2ncc3cc(Cc4cc(F)cc(F)c4)ccc32)c1N1CCN(C)CC1. The highest BCUT2D eigenvalue weighted by Gasteiger charge is 2.24. The fraction of sp³-hybridized carbons (Fsp3) is 0.355. The maximum Gasteiger partial charge on any atom is 0.273 e. The van der Waals surface area contributed by atoms with Gasteiger partial charge in [0.05, 0.1) is 35.3 Å². The van der Waals surface area contributed by atoms with Crippen molar-refractivity contribution < 1.29 is 23.0 Å². The molecule has 11 heteroatoms. The number of amides is 1. The summed E-state index contributed by atoms with van der Waals surface area (Å²) in [4.78, 5) is 19.7. The molecule has 0 radical (unpaired) electrons. The fourth-order valence-corrected chi connectivity index (χ4v) is 5.17. The lowest BCUT2D eigenvalue weighted by Gasteiger charge is -2.36. The van der Waals surface area contributed by atoms with E-state index in [1.54, 1.807) is 13.3 Å². The van der Waals surface area contributed by atoms with Gasteiger partial charge >= 0.3 is 0 Å². The minimum absolute atomic E-state index is 0.263. The Labute approximate surface area is 244 Å². The standard InChI is InChI=1S/C31H36F2N6O3/c1-37-10-12-38(13-11-37)30-27(5-3-6-28(30)34-9-4-14-42-21-41-2)31(40)36-39-29-8-7-22(16-24(29)20-35-39)15-23-17-25(32)19-26(33)18-23/h3,5-8,16-20,34H,4,9-15,21H2,1-2H3,(H,36,40). The number of likely N-dealkylation sites (N-methyl/N-ethyl adjacent to an activating group) is 1. The molecule has 1 aliphatic rings. The second kappa shape index (κ2) is 13.7. The first-order valence-corrected chi connectivity index (χ1v) is 14.0. The van der Waals surface area contributed by atoms with Crippen LogP contribution in [0.2, 0.25) is 0 Å². The molecular formula is C31H36F2N6O3. The van der Waals surface area contributed by atoms with Gasteiger partial charge in [-0.3, -0.25) is 4.79 Å². The van der Waals surface area contributed by atoms with E-state index in [9.17, 15) is 13.6 Å². The summed E-state index contributed by atoms with van der Waals surface area (Å²) >= 11 is 0. The largest absolute Gasteiger partial charge is 0.383 e. The van der Waals surface area contributed by atoms with Crippen molar-refractivity contribution in [1.82, 2.24) is 14.8 Å². The van der Waals surface area contributed by atoms with Crippen LogP contribution in [-0.4, -0.2) is 81.0 Å². The average molecular weight is 579 g/mol. The number of hydrogen-bond acceptors (Lipinski definition) is 7. The van der Waals surface area contributed by atoms with Crippen molar-refractivity contribution in [2.75, 3.05) is 75.9 Å². The van der Waals surface area contributed by atoms with Gasteiger partial charge in [-0.05, 0) is 67.4 Å². The number of fused-ring (bicyclic) bond motifs is 1. The van der Waals surface area contributed by atoms with Crippen molar-refractivity contribution >= 4 is 28.2 Å². The molecule has 0 aliphatic carbocycles. The molecule has 222 valence electrons. The summed E-state index contributed by atoms with van der Waals surface area (Å²) in [5, 5.41) is 8.69. The number of rotatable bonds is 12. The number of anilines is 2. The third-order valence-corrected chi connectivity index (χ3v) is 7.25. The Bertz CT molecular complexity index is 1500. The molecule has 2 N–H and O–H groups in total. The number of nitrogens with one attached hydrogen (secondary N) is 2. The minimum Gasteiger partial charge on any atom is -0.383 e. The smallest absolute Gasteiger partial charge is 0.273 e. The van der Waals surface area contributed by atoms with E-state index in [2.05, 4.69) is 32.7 Å². The second-order valence-electron chi connectivity index (χ2n) is 10.4. The van der Waals surface area contributed by atoms with Crippen LogP contribution in [0.15, 0.2) is 60.8 Å². The van der Waals surface area contributed by atoms with Crippen LogP contribution in [0.4, 0.5) is 20.2 Å². The summed E-state index contributed by atoms with van der Waals surface area (Å²) < 4.78 is 37.6. The van der Waals surface area contributed by atoms with Gasteiger partial charge in [0.15, 0.2) is 0 Å². The number of benzene rings is 3. The Balaban J connectivity index is 1.34. The van der Waals surface area contributed by atoms with Gasteiger partial charge in [0.1, 0.15) is 18.4 Å². The molecule has 0 bridgehead atoms. The van der Waals surface area contributed by atoms with Crippen LogP contribution >= 0.6 is 0 Å². The Hall–Kier alpha value is -4.06. The number of methoxy groups -OCH3 is 1. The van der Waals surface area contributed by atoms with Crippen molar-refractivity contribution in [2.45, 2.75) is 12.8 Å². The lowest BCUT2D eigenvalue weighted by atomic mass is 10.0. The van der Waals surface area contributed by atoms with Crippen molar-refractivity contribution in [3.63, 3.8) is 0 Å². The van der Waals surface area contributed by atoms with Crippen molar-refractivity contribution in [1.29, 1.82) is 0 Å². The molecule has 1 aromatic heterocycles. The number of ether oxygens (including phenoxy) is 2. The van der Waals surface area contributed by atoms with Gasteiger partial charge in [0.25, 0.3) is 5.91 Å². The number of piperazine rings is 1.